The number of nitrogens with zero attached hydrogens (tertiary/aromatic N) is 1. The van der Waals surface area contributed by atoms with Crippen LogP contribution in [0.5, 0.6) is 0 Å². The van der Waals surface area contributed by atoms with Gasteiger partial charge in [0, 0.05) is 25.0 Å². The van der Waals surface area contributed by atoms with Crippen molar-refractivity contribution in [3.05, 3.63) is 34.9 Å². The van der Waals surface area contributed by atoms with E-state index in [-0.39, 0.29) is 5.91 Å². The first-order valence-electron chi connectivity index (χ1n) is 6.21. The lowest BCUT2D eigenvalue weighted by molar-refractivity contribution is -0.145. The molecule has 20 heavy (non-hydrogen) atoms. The fourth-order valence-corrected chi connectivity index (χ4v) is 2.06. The van der Waals surface area contributed by atoms with Crippen molar-refractivity contribution < 1.29 is 14.3 Å². The van der Waals surface area contributed by atoms with Crippen LogP contribution in [0, 0.1) is 0 Å². The van der Waals surface area contributed by atoms with Crippen molar-refractivity contribution in [3.8, 4) is 0 Å². The van der Waals surface area contributed by atoms with Gasteiger partial charge in [-0.2, -0.15) is 0 Å². The van der Waals surface area contributed by atoms with E-state index >= 15 is 0 Å². The maximum atomic E-state index is 11.6. The summed E-state index contributed by atoms with van der Waals surface area (Å²) in [7, 11) is 3.15. The molecule has 1 atom stereocenters. The van der Waals surface area contributed by atoms with Crippen LogP contribution in [0.25, 0.3) is 0 Å². The minimum atomic E-state index is -0.690. The van der Waals surface area contributed by atoms with E-state index in [0.29, 0.717) is 18.1 Å². The van der Waals surface area contributed by atoms with Gasteiger partial charge >= 0.3 is 5.97 Å². The fraction of sp³-hybridized carbons (Fsp3) is 0.429. The van der Waals surface area contributed by atoms with Gasteiger partial charge in [-0.05, 0) is 18.7 Å². The molecule has 0 bridgehead atoms. The zero-order valence-corrected chi connectivity index (χ0v) is 12.6. The number of hydrogen-bond acceptors (Lipinski definition) is 4. The van der Waals surface area contributed by atoms with E-state index in [2.05, 4.69) is 10.1 Å². The van der Waals surface area contributed by atoms with E-state index < -0.39 is 12.0 Å². The van der Waals surface area contributed by atoms with Crippen LogP contribution in [0.15, 0.2) is 24.3 Å². The van der Waals surface area contributed by atoms with Crippen molar-refractivity contribution in [3.63, 3.8) is 0 Å². The van der Waals surface area contributed by atoms with E-state index in [1.54, 1.807) is 0 Å². The van der Waals surface area contributed by atoms with Crippen molar-refractivity contribution in [1.82, 2.24) is 10.2 Å². The zero-order chi connectivity index (χ0) is 15.1. The highest BCUT2D eigenvalue weighted by Gasteiger charge is 2.22. The molecule has 1 amide bonds. The van der Waals surface area contributed by atoms with Crippen LogP contribution in [0.4, 0.5) is 0 Å². The molecule has 0 aliphatic carbocycles. The zero-order valence-electron chi connectivity index (χ0n) is 11.9. The summed E-state index contributed by atoms with van der Waals surface area (Å²) < 4.78 is 4.68. The number of nitrogens with one attached hydrogen (secondary N) is 1. The molecule has 0 spiro atoms. The number of amides is 1. The number of hydrogen-bond donors (Lipinski definition) is 1. The molecule has 6 heteroatoms. The average Bonchev–Trinajstić information content (AvgIpc) is 2.39. The second kappa shape index (κ2) is 7.87. The normalized spacial score (nSPS) is 12.1. The number of likely N-dealkylation sites (N-methyl/N-ethyl adjacent to an activating group) is 1. The Morgan fingerprint density at radius 3 is 2.60 bits per heavy atom. The summed E-state index contributed by atoms with van der Waals surface area (Å²) in [5, 5.41) is 3.25. The number of carbonyl (C=O) groups excluding carboxylic acids is 2. The first-order valence-corrected chi connectivity index (χ1v) is 6.58. The van der Waals surface area contributed by atoms with Crippen LogP contribution >= 0.6 is 11.6 Å². The number of ether oxygens (including phenoxy) is 1. The Hall–Kier alpha value is -1.59. The maximum absolute atomic E-state index is 11.6. The highest BCUT2D eigenvalue weighted by Crippen LogP contribution is 2.16. The van der Waals surface area contributed by atoms with E-state index in [1.165, 1.54) is 14.0 Å². The second-order valence-electron chi connectivity index (χ2n) is 4.56. The quantitative estimate of drug-likeness (QED) is 0.808. The lowest BCUT2D eigenvalue weighted by Crippen LogP contribution is -2.47. The third kappa shape index (κ3) is 5.19. The molecular formula is C14H19ClN2O3. The predicted octanol–water partition coefficient (Wildman–Crippen LogP) is 1.45. The summed E-state index contributed by atoms with van der Waals surface area (Å²) in [5.41, 5.74) is 0.961. The van der Waals surface area contributed by atoms with Gasteiger partial charge in [0.15, 0.2) is 0 Å². The number of carbonyl (C=O) groups is 2. The molecule has 1 unspecified atom stereocenters. The van der Waals surface area contributed by atoms with Crippen LogP contribution in [0.2, 0.25) is 5.02 Å². The van der Waals surface area contributed by atoms with Crippen molar-refractivity contribution >= 4 is 23.5 Å². The van der Waals surface area contributed by atoms with E-state index in [9.17, 15) is 9.59 Å². The molecule has 0 heterocycles. The van der Waals surface area contributed by atoms with Gasteiger partial charge in [0.25, 0.3) is 0 Å². The molecule has 0 saturated carbocycles. The molecule has 0 aliphatic rings. The molecule has 0 aromatic heterocycles. The van der Waals surface area contributed by atoms with Gasteiger partial charge in [0.05, 0.1) is 7.11 Å². The summed E-state index contributed by atoms with van der Waals surface area (Å²) in [4.78, 5) is 24.6. The van der Waals surface area contributed by atoms with Crippen molar-refractivity contribution in [1.29, 1.82) is 0 Å². The minimum absolute atomic E-state index is 0.272. The lowest BCUT2D eigenvalue weighted by atomic mass is 10.2. The molecule has 1 rings (SSSR count). The molecule has 1 aromatic rings. The molecule has 1 N–H and O–H groups in total. The van der Waals surface area contributed by atoms with Gasteiger partial charge in [-0.25, -0.2) is 4.79 Å². The predicted molar refractivity (Wildman–Crippen MR) is 77.4 cm³/mol. The molecule has 0 radical (unpaired) electrons. The molecule has 110 valence electrons. The van der Waals surface area contributed by atoms with Crippen molar-refractivity contribution in [2.75, 3.05) is 20.7 Å². The van der Waals surface area contributed by atoms with Crippen molar-refractivity contribution in [2.24, 2.45) is 0 Å². The second-order valence-corrected chi connectivity index (χ2v) is 4.97. The molecule has 0 fully saturated rings. The standard InChI is InChI=1S/C14H19ClN2O3/c1-10(18)16-13(14(19)20-3)9-17(2)8-11-6-4-5-7-12(11)15/h4-7,13H,8-9H2,1-3H3,(H,16,18). The van der Waals surface area contributed by atoms with Gasteiger partial charge in [-0.3, -0.25) is 9.69 Å². The third-order valence-corrected chi connectivity index (χ3v) is 3.12. The SMILES string of the molecule is COC(=O)C(CN(C)Cc1ccccc1Cl)NC(C)=O. The van der Waals surface area contributed by atoms with E-state index in [0.717, 1.165) is 5.56 Å². The average molecular weight is 299 g/mol. The number of halogens is 1. The Bertz CT molecular complexity index is 479. The molecule has 0 aliphatic heterocycles. The lowest BCUT2D eigenvalue weighted by Gasteiger charge is -2.23. The Morgan fingerprint density at radius 1 is 1.40 bits per heavy atom. The molecular weight excluding hydrogens is 280 g/mol. The number of methoxy groups -OCH3 is 1. The smallest absolute Gasteiger partial charge is 0.329 e. The van der Waals surface area contributed by atoms with Crippen LogP contribution in [-0.4, -0.2) is 43.5 Å². The number of esters is 1. The van der Waals surface area contributed by atoms with Gasteiger partial charge in [-0.1, -0.05) is 29.8 Å². The summed E-state index contributed by atoms with van der Waals surface area (Å²) in [6.45, 7) is 2.29. The van der Waals surface area contributed by atoms with Gasteiger partial charge in [-0.15, -0.1) is 0 Å². The monoisotopic (exact) mass is 298 g/mol. The Balaban J connectivity index is 2.66. The summed E-state index contributed by atoms with van der Waals surface area (Å²) in [5.74, 6) is -0.738. The van der Waals surface area contributed by atoms with Gasteiger partial charge in [0.2, 0.25) is 5.91 Å². The Morgan fingerprint density at radius 2 is 2.05 bits per heavy atom. The Labute approximate surface area is 123 Å². The van der Waals surface area contributed by atoms with Gasteiger partial charge in [0.1, 0.15) is 6.04 Å². The third-order valence-electron chi connectivity index (χ3n) is 2.76. The highest BCUT2D eigenvalue weighted by molar-refractivity contribution is 6.31. The summed E-state index contributed by atoms with van der Waals surface area (Å²) >= 11 is 6.09. The van der Waals surface area contributed by atoms with Gasteiger partial charge < -0.3 is 10.1 Å². The summed E-state index contributed by atoms with van der Waals surface area (Å²) in [6, 6.07) is 6.81. The number of rotatable bonds is 6. The summed E-state index contributed by atoms with van der Waals surface area (Å²) in [6.07, 6.45) is 0. The topological polar surface area (TPSA) is 58.6 Å². The first kappa shape index (κ1) is 16.5. The minimum Gasteiger partial charge on any atom is -0.467 e. The maximum Gasteiger partial charge on any atom is 0.329 e. The molecule has 0 saturated heterocycles. The van der Waals surface area contributed by atoms with Crippen LogP contribution in [0.3, 0.4) is 0 Å². The Kier molecular flexibility index (Phi) is 6.48. The van der Waals surface area contributed by atoms with Crippen LogP contribution in [-0.2, 0) is 20.9 Å². The fourth-order valence-electron chi connectivity index (χ4n) is 1.86. The van der Waals surface area contributed by atoms with Crippen molar-refractivity contribution in [2.45, 2.75) is 19.5 Å². The first-order chi connectivity index (χ1) is 9.43. The number of benzene rings is 1. The van der Waals surface area contributed by atoms with Crippen LogP contribution < -0.4 is 5.32 Å². The van der Waals surface area contributed by atoms with Crippen LogP contribution in [0.1, 0.15) is 12.5 Å². The highest BCUT2D eigenvalue weighted by atomic mass is 35.5. The molecule has 1 aromatic carbocycles. The molecule has 5 nitrogen and oxygen atoms in total. The largest absolute Gasteiger partial charge is 0.467 e. The van der Waals surface area contributed by atoms with E-state index in [1.807, 2.05) is 36.2 Å². The van der Waals surface area contributed by atoms with E-state index in [4.69, 9.17) is 11.6 Å².